The Morgan fingerprint density at radius 2 is 1.68 bits per heavy atom. The van der Waals surface area contributed by atoms with Crippen LogP contribution in [-0.4, -0.2) is 36.8 Å². The second kappa shape index (κ2) is 13.8. The van der Waals surface area contributed by atoms with Crippen molar-refractivity contribution in [2.75, 3.05) is 13.1 Å². The van der Waals surface area contributed by atoms with Crippen LogP contribution >= 0.6 is 0 Å². The van der Waals surface area contributed by atoms with Crippen molar-refractivity contribution in [2.24, 2.45) is 10.9 Å². The maximum absolute atomic E-state index is 4.08. The van der Waals surface area contributed by atoms with Gasteiger partial charge in [0.2, 0.25) is 0 Å². The maximum Gasteiger partial charge on any atom is 0.0591 e. The van der Waals surface area contributed by atoms with E-state index >= 15 is 0 Å². The molecule has 0 aliphatic heterocycles. The van der Waals surface area contributed by atoms with Crippen LogP contribution in [0.2, 0.25) is 0 Å². The number of allylic oxidation sites excluding steroid dienone is 1. The van der Waals surface area contributed by atoms with E-state index in [0.717, 1.165) is 18.5 Å². The Morgan fingerprint density at radius 1 is 1.21 bits per heavy atom. The summed E-state index contributed by atoms with van der Waals surface area (Å²) in [5.74, 6) is 0.757. The molecule has 1 atom stereocenters. The molecule has 1 fully saturated rings. The number of nitrogens with zero attached hydrogens (tertiary/aromatic N) is 2. The Balaban J connectivity index is 0. The van der Waals surface area contributed by atoms with Gasteiger partial charge in [-0.3, -0.25) is 9.89 Å². The fourth-order valence-electron chi connectivity index (χ4n) is 1.99. The van der Waals surface area contributed by atoms with E-state index in [1.54, 1.807) is 6.08 Å². The molecule has 1 aliphatic carbocycles. The van der Waals surface area contributed by atoms with Gasteiger partial charge in [0.05, 0.1) is 6.04 Å². The van der Waals surface area contributed by atoms with Gasteiger partial charge in [0.1, 0.15) is 0 Å². The van der Waals surface area contributed by atoms with Gasteiger partial charge in [0, 0.05) is 19.1 Å². The summed E-state index contributed by atoms with van der Waals surface area (Å²) < 4.78 is 0. The second-order valence-corrected chi connectivity index (χ2v) is 5.37. The van der Waals surface area contributed by atoms with Gasteiger partial charge in [0.25, 0.3) is 0 Å². The molecule has 0 spiro atoms. The van der Waals surface area contributed by atoms with Crippen LogP contribution in [0.1, 0.15) is 60.8 Å². The third-order valence-corrected chi connectivity index (χ3v) is 3.00. The van der Waals surface area contributed by atoms with E-state index in [-0.39, 0.29) is 0 Å². The molecule has 1 aliphatic rings. The number of hydrogen-bond donors (Lipinski definition) is 0. The fraction of sp³-hybridized carbons (Fsp3) is 0.824. The van der Waals surface area contributed by atoms with Crippen molar-refractivity contribution in [3.05, 3.63) is 12.7 Å². The van der Waals surface area contributed by atoms with Crippen LogP contribution in [-0.2, 0) is 0 Å². The predicted molar refractivity (Wildman–Crippen MR) is 90.3 cm³/mol. The van der Waals surface area contributed by atoms with Crippen LogP contribution in [0.15, 0.2) is 17.6 Å². The highest BCUT2D eigenvalue weighted by atomic mass is 15.2. The minimum absolute atomic E-state index is 0.384. The summed E-state index contributed by atoms with van der Waals surface area (Å²) in [5.41, 5.74) is 0. The lowest BCUT2D eigenvalue weighted by molar-refractivity contribution is 0.108. The zero-order valence-electron chi connectivity index (χ0n) is 14.2. The van der Waals surface area contributed by atoms with Crippen LogP contribution in [0, 0.1) is 5.92 Å². The Kier molecular flexibility index (Phi) is 15.0. The van der Waals surface area contributed by atoms with Crippen LogP contribution in [0.4, 0.5) is 0 Å². The number of rotatable bonds is 6. The molecule has 0 aromatic rings. The summed E-state index contributed by atoms with van der Waals surface area (Å²) in [4.78, 5) is 6.69. The first-order valence-corrected chi connectivity index (χ1v) is 7.82. The monoisotopic (exact) mass is 268 g/mol. The molecule has 1 unspecified atom stereocenters. The van der Waals surface area contributed by atoms with Gasteiger partial charge in [-0.15, -0.1) is 6.58 Å². The van der Waals surface area contributed by atoms with Crippen molar-refractivity contribution < 1.29 is 0 Å². The van der Waals surface area contributed by atoms with Gasteiger partial charge in [0.15, 0.2) is 0 Å². The van der Waals surface area contributed by atoms with E-state index in [4.69, 9.17) is 0 Å². The van der Waals surface area contributed by atoms with Crippen molar-refractivity contribution in [2.45, 2.75) is 72.9 Å². The van der Waals surface area contributed by atoms with Gasteiger partial charge in [-0.25, -0.2) is 0 Å². The van der Waals surface area contributed by atoms with Gasteiger partial charge >= 0.3 is 0 Å². The highest BCUT2D eigenvalue weighted by Crippen LogP contribution is 2.25. The van der Waals surface area contributed by atoms with E-state index < -0.39 is 0 Å². The van der Waals surface area contributed by atoms with Crippen molar-refractivity contribution in [3.8, 4) is 0 Å². The first kappa shape index (κ1) is 20.7. The molecule has 0 heterocycles. The number of aliphatic imine (C=N–C) groups is 1. The molecule has 2 heteroatoms. The van der Waals surface area contributed by atoms with Gasteiger partial charge in [-0.2, -0.15) is 0 Å². The highest BCUT2D eigenvalue weighted by Gasteiger charge is 2.25. The summed E-state index contributed by atoms with van der Waals surface area (Å²) in [6.07, 6.45) is 5.93. The summed E-state index contributed by atoms with van der Waals surface area (Å²) in [6.45, 7) is 21.9. The third kappa shape index (κ3) is 10.9. The summed E-state index contributed by atoms with van der Waals surface area (Å²) in [6, 6.07) is 1.22. The smallest absolute Gasteiger partial charge is 0.0591 e. The maximum atomic E-state index is 4.08. The van der Waals surface area contributed by atoms with Crippen LogP contribution in [0.25, 0.3) is 0 Å². The summed E-state index contributed by atoms with van der Waals surface area (Å²) >= 11 is 0. The number of hydrogen-bond acceptors (Lipinski definition) is 2. The summed E-state index contributed by atoms with van der Waals surface area (Å²) in [5, 5.41) is 0. The molecule has 0 saturated heterocycles. The molecule has 0 N–H and O–H groups in total. The summed E-state index contributed by atoms with van der Waals surface area (Å²) in [7, 11) is 0. The quantitative estimate of drug-likeness (QED) is 0.499. The molecule has 1 saturated carbocycles. The largest absolute Gasteiger partial charge is 0.298 e. The topological polar surface area (TPSA) is 15.6 Å². The Hall–Kier alpha value is -0.630. The van der Waals surface area contributed by atoms with E-state index in [1.165, 1.54) is 25.8 Å². The fourth-order valence-corrected chi connectivity index (χ4v) is 1.99. The van der Waals surface area contributed by atoms with E-state index in [1.807, 2.05) is 20.8 Å². The van der Waals surface area contributed by atoms with E-state index in [9.17, 15) is 0 Å². The predicted octanol–water partition coefficient (Wildman–Crippen LogP) is 4.80. The second-order valence-electron chi connectivity index (χ2n) is 5.37. The Morgan fingerprint density at radius 3 is 1.95 bits per heavy atom. The molecule has 1 rings (SSSR count). The molecular formula is C17H36N2. The van der Waals surface area contributed by atoms with Gasteiger partial charge in [-0.1, -0.05) is 40.2 Å². The van der Waals surface area contributed by atoms with E-state index in [0.29, 0.717) is 6.04 Å². The molecule has 0 amide bonds. The molecule has 0 aromatic heterocycles. The average Bonchev–Trinajstić information content (AvgIpc) is 2.29. The SMILES string of the molecule is C=CC.C=NC(C)CN(CC(C)C)C1CCC1.CC. The average molecular weight is 268 g/mol. The lowest BCUT2D eigenvalue weighted by Gasteiger charge is -2.39. The minimum Gasteiger partial charge on any atom is -0.298 e. The minimum atomic E-state index is 0.384. The zero-order chi connectivity index (χ0) is 15.3. The van der Waals surface area contributed by atoms with Gasteiger partial charge < -0.3 is 0 Å². The van der Waals surface area contributed by atoms with Crippen LogP contribution in [0.3, 0.4) is 0 Å². The molecule has 2 nitrogen and oxygen atoms in total. The van der Waals surface area contributed by atoms with Crippen LogP contribution < -0.4 is 0 Å². The first-order valence-electron chi connectivity index (χ1n) is 7.82. The van der Waals surface area contributed by atoms with Gasteiger partial charge in [-0.05, 0) is 39.3 Å². The highest BCUT2D eigenvalue weighted by molar-refractivity contribution is 5.24. The zero-order valence-corrected chi connectivity index (χ0v) is 14.2. The lowest BCUT2D eigenvalue weighted by atomic mass is 9.90. The molecular weight excluding hydrogens is 232 g/mol. The third-order valence-electron chi connectivity index (χ3n) is 3.00. The normalized spacial score (nSPS) is 15.6. The van der Waals surface area contributed by atoms with Crippen molar-refractivity contribution in [1.82, 2.24) is 4.90 Å². The van der Waals surface area contributed by atoms with Crippen molar-refractivity contribution in [1.29, 1.82) is 0 Å². The lowest BCUT2D eigenvalue weighted by Crippen LogP contribution is -2.45. The molecule has 0 bridgehead atoms. The first-order chi connectivity index (χ1) is 9.04. The van der Waals surface area contributed by atoms with E-state index in [2.05, 4.69) is 44.0 Å². The Labute approximate surface area is 122 Å². The standard InChI is InChI=1S/C12H24N2.C3H6.C2H6/c1-10(2)8-14(9-11(3)13-4)12-6-5-7-12;1-3-2;1-2/h10-12H,4-9H2,1-3H3;3H,1H2,2H3;1-2H3. The molecule has 114 valence electrons. The molecule has 0 radical (unpaired) electrons. The van der Waals surface area contributed by atoms with Crippen molar-refractivity contribution >= 4 is 6.72 Å². The Bertz CT molecular complexity index is 207. The van der Waals surface area contributed by atoms with Crippen LogP contribution in [0.5, 0.6) is 0 Å². The molecule has 0 aromatic carbocycles. The molecule has 19 heavy (non-hydrogen) atoms. The van der Waals surface area contributed by atoms with Crippen molar-refractivity contribution in [3.63, 3.8) is 0 Å².